The molecule has 1 aliphatic rings. The Balaban J connectivity index is 2.36. The Labute approximate surface area is 103 Å². The fourth-order valence-corrected chi connectivity index (χ4v) is 2.56. The smallest absolute Gasteiger partial charge is 0.133 e. The lowest BCUT2D eigenvalue weighted by atomic mass is 10.1. The summed E-state index contributed by atoms with van der Waals surface area (Å²) < 4.78 is 2.07. The van der Waals surface area contributed by atoms with E-state index in [0.29, 0.717) is 5.69 Å². The number of hydrogen-bond donors (Lipinski definition) is 1. The van der Waals surface area contributed by atoms with Crippen molar-refractivity contribution in [3.05, 3.63) is 11.8 Å². The van der Waals surface area contributed by atoms with Gasteiger partial charge in [-0.2, -0.15) is 5.26 Å². The van der Waals surface area contributed by atoms with Crippen LogP contribution in [0.15, 0.2) is 6.07 Å². The quantitative estimate of drug-likeness (QED) is 0.870. The van der Waals surface area contributed by atoms with Crippen LogP contribution in [0.25, 0.3) is 0 Å². The topological polar surface area (TPSA) is 58.0 Å². The molecule has 1 aromatic rings. The van der Waals surface area contributed by atoms with Gasteiger partial charge in [0.15, 0.2) is 0 Å². The van der Waals surface area contributed by atoms with Gasteiger partial charge in [-0.05, 0) is 31.7 Å². The van der Waals surface area contributed by atoms with Crippen LogP contribution in [0.2, 0.25) is 0 Å². The van der Waals surface area contributed by atoms with Gasteiger partial charge in [0.05, 0.1) is 5.69 Å². The Morgan fingerprint density at radius 2 is 2.06 bits per heavy atom. The second-order valence-corrected chi connectivity index (χ2v) is 4.62. The third-order valence-corrected chi connectivity index (χ3v) is 3.31. The van der Waals surface area contributed by atoms with Gasteiger partial charge in [0.2, 0.25) is 0 Å². The number of nitrogens with two attached hydrogens (primary N) is 1. The van der Waals surface area contributed by atoms with Crippen LogP contribution in [0.3, 0.4) is 0 Å². The third-order valence-electron chi connectivity index (χ3n) is 3.31. The molecule has 2 N–H and O–H groups in total. The number of rotatable bonds is 3. The molecule has 0 amide bonds. The number of hydrogen-bond acceptors (Lipinski definition) is 3. The molecular weight excluding hydrogens is 212 g/mol. The summed E-state index contributed by atoms with van der Waals surface area (Å²) in [5.41, 5.74) is 7.50. The van der Waals surface area contributed by atoms with Crippen LogP contribution in [-0.4, -0.2) is 17.7 Å². The largest absolute Gasteiger partial charge is 0.396 e. The van der Waals surface area contributed by atoms with Gasteiger partial charge >= 0.3 is 0 Å². The summed E-state index contributed by atoms with van der Waals surface area (Å²) in [4.78, 5) is 2.33. The molecule has 1 saturated heterocycles. The van der Waals surface area contributed by atoms with E-state index in [2.05, 4.69) is 22.5 Å². The zero-order valence-electron chi connectivity index (χ0n) is 10.4. The maximum atomic E-state index is 9.14. The summed E-state index contributed by atoms with van der Waals surface area (Å²) >= 11 is 0. The summed E-state index contributed by atoms with van der Waals surface area (Å²) in [6.07, 6.45) is 4.76. The first-order chi connectivity index (χ1) is 8.27. The van der Waals surface area contributed by atoms with E-state index >= 15 is 0 Å². The van der Waals surface area contributed by atoms with Crippen LogP contribution in [0.1, 0.15) is 38.3 Å². The first kappa shape index (κ1) is 11.8. The van der Waals surface area contributed by atoms with Crippen molar-refractivity contribution in [3.8, 4) is 6.07 Å². The highest BCUT2D eigenvalue weighted by Gasteiger charge is 2.20. The van der Waals surface area contributed by atoms with Crippen LogP contribution in [0, 0.1) is 11.3 Å². The minimum atomic E-state index is 0.685. The zero-order chi connectivity index (χ0) is 12.3. The number of anilines is 2. The first-order valence-corrected chi connectivity index (χ1v) is 6.42. The predicted molar refractivity (Wildman–Crippen MR) is 69.9 cm³/mol. The minimum absolute atomic E-state index is 0.685. The van der Waals surface area contributed by atoms with E-state index in [1.165, 1.54) is 19.3 Å². The lowest BCUT2D eigenvalue weighted by molar-refractivity contribution is 0.556. The van der Waals surface area contributed by atoms with E-state index < -0.39 is 0 Å². The van der Waals surface area contributed by atoms with Crippen LogP contribution in [0.5, 0.6) is 0 Å². The minimum Gasteiger partial charge on any atom is -0.396 e. The van der Waals surface area contributed by atoms with Gasteiger partial charge in [0.1, 0.15) is 17.6 Å². The zero-order valence-corrected chi connectivity index (χ0v) is 10.4. The first-order valence-electron chi connectivity index (χ1n) is 6.42. The molecule has 4 nitrogen and oxygen atoms in total. The molecule has 4 heteroatoms. The standard InChI is InChI=1S/C13H20N4/c1-2-6-17-11(10-14)9-12(15)13(17)16-7-4-3-5-8-16/h9H,2-8,15H2,1H3. The normalized spacial score (nSPS) is 15.9. The molecule has 1 aromatic heterocycles. The number of nitrogens with zero attached hydrogens (tertiary/aromatic N) is 3. The maximum absolute atomic E-state index is 9.14. The summed E-state index contributed by atoms with van der Waals surface area (Å²) in [7, 11) is 0. The lowest BCUT2D eigenvalue weighted by Crippen LogP contribution is -2.32. The highest BCUT2D eigenvalue weighted by atomic mass is 15.3. The second-order valence-electron chi connectivity index (χ2n) is 4.62. The molecule has 1 fully saturated rings. The Bertz CT molecular complexity index is 421. The van der Waals surface area contributed by atoms with Crippen LogP contribution in [-0.2, 0) is 6.54 Å². The molecule has 2 rings (SSSR count). The third kappa shape index (κ3) is 2.23. The summed E-state index contributed by atoms with van der Waals surface area (Å²) in [6.45, 7) is 5.11. The van der Waals surface area contributed by atoms with E-state index in [4.69, 9.17) is 11.0 Å². The molecule has 0 aliphatic carbocycles. The highest BCUT2D eigenvalue weighted by Crippen LogP contribution is 2.30. The molecule has 0 aromatic carbocycles. The Hall–Kier alpha value is -1.63. The fraction of sp³-hybridized carbons (Fsp3) is 0.615. The van der Waals surface area contributed by atoms with E-state index in [9.17, 15) is 0 Å². The molecule has 92 valence electrons. The fourth-order valence-electron chi connectivity index (χ4n) is 2.56. The van der Waals surface area contributed by atoms with Gasteiger partial charge in [-0.25, -0.2) is 0 Å². The summed E-state index contributed by atoms with van der Waals surface area (Å²) in [5, 5.41) is 9.14. The summed E-state index contributed by atoms with van der Waals surface area (Å²) in [6, 6.07) is 4.04. The second kappa shape index (κ2) is 5.13. The Kier molecular flexibility index (Phi) is 3.58. The van der Waals surface area contributed by atoms with Crippen molar-refractivity contribution in [2.45, 2.75) is 39.2 Å². The average Bonchev–Trinajstić information content (AvgIpc) is 2.67. The monoisotopic (exact) mass is 232 g/mol. The van der Waals surface area contributed by atoms with Gasteiger partial charge in [0.25, 0.3) is 0 Å². The lowest BCUT2D eigenvalue weighted by Gasteiger charge is -2.30. The van der Waals surface area contributed by atoms with E-state index in [0.717, 1.165) is 37.6 Å². The van der Waals surface area contributed by atoms with E-state index in [1.807, 2.05) is 0 Å². The molecule has 0 atom stereocenters. The Morgan fingerprint density at radius 1 is 1.35 bits per heavy atom. The molecule has 0 radical (unpaired) electrons. The molecule has 0 bridgehead atoms. The van der Waals surface area contributed by atoms with Gasteiger partial charge < -0.3 is 15.2 Å². The molecule has 17 heavy (non-hydrogen) atoms. The van der Waals surface area contributed by atoms with Crippen molar-refractivity contribution in [1.29, 1.82) is 5.26 Å². The molecule has 0 spiro atoms. The van der Waals surface area contributed by atoms with Gasteiger partial charge in [-0.1, -0.05) is 6.92 Å². The van der Waals surface area contributed by atoms with E-state index in [-0.39, 0.29) is 0 Å². The van der Waals surface area contributed by atoms with Crippen molar-refractivity contribution in [3.63, 3.8) is 0 Å². The molecular formula is C13H20N4. The van der Waals surface area contributed by atoms with Crippen LogP contribution in [0.4, 0.5) is 11.5 Å². The SMILES string of the molecule is CCCn1c(C#N)cc(N)c1N1CCCCC1. The summed E-state index contributed by atoms with van der Waals surface area (Å²) in [5.74, 6) is 1.06. The van der Waals surface area contributed by atoms with Crippen LogP contribution < -0.4 is 10.6 Å². The number of nitrogen functional groups attached to an aromatic ring is 1. The van der Waals surface area contributed by atoms with Crippen molar-refractivity contribution in [2.24, 2.45) is 0 Å². The molecule has 1 aliphatic heterocycles. The van der Waals surface area contributed by atoms with Crippen molar-refractivity contribution < 1.29 is 0 Å². The average molecular weight is 232 g/mol. The van der Waals surface area contributed by atoms with Gasteiger partial charge in [-0.3, -0.25) is 0 Å². The van der Waals surface area contributed by atoms with Crippen molar-refractivity contribution in [2.75, 3.05) is 23.7 Å². The van der Waals surface area contributed by atoms with Crippen molar-refractivity contribution in [1.82, 2.24) is 4.57 Å². The number of nitriles is 1. The maximum Gasteiger partial charge on any atom is 0.133 e. The Morgan fingerprint density at radius 3 is 2.65 bits per heavy atom. The number of aromatic nitrogens is 1. The van der Waals surface area contributed by atoms with Gasteiger partial charge in [0, 0.05) is 19.6 Å². The molecule has 0 unspecified atom stereocenters. The predicted octanol–water partition coefficient (Wildman–Crippen LogP) is 2.34. The molecule has 2 heterocycles. The number of piperidine rings is 1. The van der Waals surface area contributed by atoms with Crippen LogP contribution >= 0.6 is 0 Å². The molecule has 0 saturated carbocycles. The van der Waals surface area contributed by atoms with Crippen molar-refractivity contribution >= 4 is 11.5 Å². The van der Waals surface area contributed by atoms with Gasteiger partial charge in [-0.15, -0.1) is 0 Å². The highest BCUT2D eigenvalue weighted by molar-refractivity contribution is 5.68. The van der Waals surface area contributed by atoms with E-state index in [1.54, 1.807) is 6.07 Å².